The van der Waals surface area contributed by atoms with Gasteiger partial charge < -0.3 is 0 Å². The maximum absolute atomic E-state index is 12.9. The highest BCUT2D eigenvalue weighted by atomic mass is 32.2. The van der Waals surface area contributed by atoms with E-state index in [4.69, 9.17) is 0 Å². The molecule has 3 rings (SSSR count). The van der Waals surface area contributed by atoms with Gasteiger partial charge in [0.2, 0.25) is 20.0 Å². The summed E-state index contributed by atoms with van der Waals surface area (Å²) >= 11 is 0. The van der Waals surface area contributed by atoms with Crippen molar-refractivity contribution < 1.29 is 16.8 Å². The fourth-order valence-corrected chi connectivity index (χ4v) is 7.13. The standard InChI is InChI=1S/C17H26N2O4S2/c1-14-11-15(2)13-18(12-14)25(22,23)17-7-5-16(6-8-17)19-9-3-4-10-24(19,20)21/h5-8,14-15H,3-4,9-13H2,1-2H3/t14-,15-/m0/s1. The van der Waals surface area contributed by atoms with Gasteiger partial charge in [0.25, 0.3) is 0 Å². The van der Waals surface area contributed by atoms with E-state index in [9.17, 15) is 16.8 Å². The number of benzene rings is 1. The van der Waals surface area contributed by atoms with Gasteiger partial charge in [0.15, 0.2) is 0 Å². The van der Waals surface area contributed by atoms with Crippen LogP contribution in [0.15, 0.2) is 29.2 Å². The Balaban J connectivity index is 1.84. The molecule has 0 aliphatic carbocycles. The summed E-state index contributed by atoms with van der Waals surface area (Å²) in [5, 5.41) is 0. The molecule has 8 heteroatoms. The Morgan fingerprint density at radius 2 is 1.60 bits per heavy atom. The molecule has 25 heavy (non-hydrogen) atoms. The summed E-state index contributed by atoms with van der Waals surface area (Å²) in [5.41, 5.74) is 0.541. The molecule has 2 atom stereocenters. The molecule has 0 radical (unpaired) electrons. The summed E-state index contributed by atoms with van der Waals surface area (Å²) in [7, 11) is -6.83. The van der Waals surface area contributed by atoms with Crippen LogP contribution in [-0.2, 0) is 20.0 Å². The minimum absolute atomic E-state index is 0.149. The van der Waals surface area contributed by atoms with Gasteiger partial charge in [-0.15, -0.1) is 0 Å². The maximum Gasteiger partial charge on any atom is 0.243 e. The summed E-state index contributed by atoms with van der Waals surface area (Å²) in [6.45, 7) is 5.67. The van der Waals surface area contributed by atoms with Gasteiger partial charge in [0.05, 0.1) is 16.3 Å². The zero-order chi connectivity index (χ0) is 18.2. The average molecular weight is 387 g/mol. The van der Waals surface area contributed by atoms with Crippen molar-refractivity contribution in [2.24, 2.45) is 11.8 Å². The summed E-state index contributed by atoms with van der Waals surface area (Å²) in [6, 6.07) is 6.26. The SMILES string of the molecule is C[C@H]1C[C@H](C)CN(S(=O)(=O)c2ccc(N3CCCCS3(=O)=O)cc2)C1. The Hall–Kier alpha value is -1.12. The van der Waals surface area contributed by atoms with Gasteiger partial charge in [0.1, 0.15) is 0 Å². The first-order valence-corrected chi connectivity index (χ1v) is 11.9. The molecule has 1 aromatic rings. The van der Waals surface area contributed by atoms with Crippen molar-refractivity contribution >= 4 is 25.7 Å². The molecule has 0 amide bonds. The highest BCUT2D eigenvalue weighted by Gasteiger charge is 2.32. The summed E-state index contributed by atoms with van der Waals surface area (Å²) < 4.78 is 53.1. The second-order valence-electron chi connectivity index (χ2n) is 7.36. The predicted octanol–water partition coefficient (Wildman–Crippen LogP) is 2.28. The van der Waals surface area contributed by atoms with Gasteiger partial charge in [-0.2, -0.15) is 4.31 Å². The fourth-order valence-electron chi connectivity index (χ4n) is 3.81. The van der Waals surface area contributed by atoms with Gasteiger partial charge in [-0.3, -0.25) is 4.31 Å². The van der Waals surface area contributed by atoms with Gasteiger partial charge in [-0.1, -0.05) is 13.8 Å². The molecule has 2 aliphatic heterocycles. The van der Waals surface area contributed by atoms with E-state index in [1.54, 1.807) is 16.4 Å². The van der Waals surface area contributed by atoms with Crippen molar-refractivity contribution in [3.05, 3.63) is 24.3 Å². The first-order chi connectivity index (χ1) is 11.7. The van der Waals surface area contributed by atoms with Crippen LogP contribution in [0.5, 0.6) is 0 Å². The van der Waals surface area contributed by atoms with Crippen LogP contribution in [0.2, 0.25) is 0 Å². The number of hydrogen-bond acceptors (Lipinski definition) is 4. The third-order valence-corrected chi connectivity index (χ3v) is 8.66. The molecule has 0 unspecified atom stereocenters. The van der Waals surface area contributed by atoms with Crippen LogP contribution in [0, 0.1) is 11.8 Å². The van der Waals surface area contributed by atoms with E-state index in [-0.39, 0.29) is 10.6 Å². The molecule has 0 saturated carbocycles. The number of hydrogen-bond donors (Lipinski definition) is 0. The molecule has 1 aromatic carbocycles. The molecule has 6 nitrogen and oxygen atoms in total. The van der Waals surface area contributed by atoms with Crippen molar-refractivity contribution in [1.82, 2.24) is 4.31 Å². The Morgan fingerprint density at radius 1 is 1.00 bits per heavy atom. The Labute approximate surface area is 150 Å². The van der Waals surface area contributed by atoms with Crippen LogP contribution >= 0.6 is 0 Å². The minimum Gasteiger partial charge on any atom is -0.270 e. The lowest BCUT2D eigenvalue weighted by atomic mass is 9.94. The van der Waals surface area contributed by atoms with Gasteiger partial charge in [0, 0.05) is 19.6 Å². The minimum atomic E-state index is -3.54. The monoisotopic (exact) mass is 386 g/mol. The molecule has 0 N–H and O–H groups in total. The van der Waals surface area contributed by atoms with Crippen LogP contribution < -0.4 is 4.31 Å². The van der Waals surface area contributed by atoms with E-state index in [0.29, 0.717) is 43.6 Å². The number of anilines is 1. The second kappa shape index (κ2) is 6.89. The van der Waals surface area contributed by atoms with Crippen molar-refractivity contribution in [1.29, 1.82) is 0 Å². The number of rotatable bonds is 3. The van der Waals surface area contributed by atoms with Crippen molar-refractivity contribution in [3.63, 3.8) is 0 Å². The van der Waals surface area contributed by atoms with Crippen LogP contribution in [0.4, 0.5) is 5.69 Å². The van der Waals surface area contributed by atoms with Crippen molar-refractivity contribution in [2.75, 3.05) is 29.7 Å². The average Bonchev–Trinajstić information content (AvgIpc) is 2.54. The number of piperidine rings is 1. The molecule has 0 spiro atoms. The molecular weight excluding hydrogens is 360 g/mol. The fraction of sp³-hybridized carbons (Fsp3) is 0.647. The lowest BCUT2D eigenvalue weighted by Crippen LogP contribution is -2.42. The molecule has 140 valence electrons. The molecule has 2 fully saturated rings. The zero-order valence-electron chi connectivity index (χ0n) is 14.8. The molecule has 2 aliphatic rings. The quantitative estimate of drug-likeness (QED) is 0.799. The molecule has 0 aromatic heterocycles. The van der Waals surface area contributed by atoms with Crippen LogP contribution in [0.3, 0.4) is 0 Å². The van der Waals surface area contributed by atoms with E-state index < -0.39 is 20.0 Å². The van der Waals surface area contributed by atoms with Crippen molar-refractivity contribution in [3.8, 4) is 0 Å². The lowest BCUT2D eigenvalue weighted by Gasteiger charge is -2.34. The van der Waals surface area contributed by atoms with Crippen LogP contribution in [-0.4, -0.2) is 46.5 Å². The van der Waals surface area contributed by atoms with E-state index in [1.807, 2.05) is 0 Å². The third kappa shape index (κ3) is 3.85. The highest BCUT2D eigenvalue weighted by Crippen LogP contribution is 2.29. The normalized spacial score (nSPS) is 28.0. The van der Waals surface area contributed by atoms with E-state index in [1.165, 1.54) is 16.4 Å². The molecular formula is C17H26N2O4S2. The lowest BCUT2D eigenvalue weighted by molar-refractivity contribution is 0.222. The number of nitrogens with zero attached hydrogens (tertiary/aromatic N) is 2. The predicted molar refractivity (Wildman–Crippen MR) is 98.5 cm³/mol. The number of sulfonamides is 2. The highest BCUT2D eigenvalue weighted by molar-refractivity contribution is 7.92. The summed E-state index contributed by atoms with van der Waals surface area (Å²) in [5.74, 6) is 0.837. The second-order valence-corrected chi connectivity index (χ2v) is 11.3. The Kier molecular flexibility index (Phi) is 5.14. The van der Waals surface area contributed by atoms with E-state index >= 15 is 0 Å². The molecule has 0 bridgehead atoms. The Bertz CT molecular complexity index is 809. The Morgan fingerprint density at radius 3 is 2.16 bits per heavy atom. The van der Waals surface area contributed by atoms with Gasteiger partial charge in [-0.25, -0.2) is 16.8 Å². The topological polar surface area (TPSA) is 74.8 Å². The van der Waals surface area contributed by atoms with Crippen LogP contribution in [0.1, 0.15) is 33.1 Å². The van der Waals surface area contributed by atoms with Crippen LogP contribution in [0.25, 0.3) is 0 Å². The summed E-state index contributed by atoms with van der Waals surface area (Å²) in [6.07, 6.45) is 2.54. The first kappa shape index (κ1) is 18.7. The largest absolute Gasteiger partial charge is 0.270 e. The van der Waals surface area contributed by atoms with E-state index in [2.05, 4.69) is 13.8 Å². The smallest absolute Gasteiger partial charge is 0.243 e. The summed E-state index contributed by atoms with van der Waals surface area (Å²) in [4.78, 5) is 0.229. The zero-order valence-corrected chi connectivity index (χ0v) is 16.4. The first-order valence-electron chi connectivity index (χ1n) is 8.81. The molecule has 2 heterocycles. The maximum atomic E-state index is 12.9. The third-order valence-electron chi connectivity index (χ3n) is 4.95. The van der Waals surface area contributed by atoms with E-state index in [0.717, 1.165) is 12.8 Å². The molecule has 2 saturated heterocycles. The van der Waals surface area contributed by atoms with Gasteiger partial charge in [-0.05, 0) is 55.4 Å². The van der Waals surface area contributed by atoms with Crippen molar-refractivity contribution in [2.45, 2.75) is 38.0 Å². The van der Waals surface area contributed by atoms with Gasteiger partial charge >= 0.3 is 0 Å².